The lowest BCUT2D eigenvalue weighted by Crippen LogP contribution is -2.59. The van der Waals surface area contributed by atoms with E-state index in [9.17, 15) is 31.9 Å². The second kappa shape index (κ2) is 6.44. The molecule has 25 heavy (non-hydrogen) atoms. The zero-order chi connectivity index (χ0) is 18.9. The molecule has 0 aliphatic heterocycles. The predicted octanol–water partition coefficient (Wildman–Crippen LogP) is 3.96. The predicted molar refractivity (Wildman–Crippen MR) is 78.7 cm³/mol. The van der Waals surface area contributed by atoms with Gasteiger partial charge in [-0.15, -0.1) is 0 Å². The summed E-state index contributed by atoms with van der Waals surface area (Å²) in [7, 11) is 1.23. The monoisotopic (exact) mass is 360 g/mol. The fraction of sp³-hybridized carbons (Fsp3) is 0.235. The first-order valence-electron chi connectivity index (χ1n) is 6.97. The maximum atomic E-state index is 14.6. The highest BCUT2D eigenvalue weighted by atomic mass is 19.4. The van der Waals surface area contributed by atoms with Gasteiger partial charge >= 0.3 is 12.1 Å². The number of ether oxygens (including phenoxy) is 1. The minimum Gasteiger partial charge on any atom is -0.497 e. The second-order valence-corrected chi connectivity index (χ2v) is 5.21. The maximum Gasteiger partial charge on any atom is 0.428 e. The second-order valence-electron chi connectivity index (χ2n) is 5.21. The molecular formula is C17H13F5O3. The summed E-state index contributed by atoms with van der Waals surface area (Å²) < 4.78 is 74.2. The normalized spacial score (nSPS) is 14.7. The number of hydrogen-bond donors (Lipinski definition) is 1. The average molecular weight is 360 g/mol. The van der Waals surface area contributed by atoms with Gasteiger partial charge < -0.3 is 9.84 Å². The van der Waals surface area contributed by atoms with E-state index >= 15 is 0 Å². The number of aliphatic hydroxyl groups is 1. The van der Waals surface area contributed by atoms with Crippen molar-refractivity contribution < 1.29 is 36.6 Å². The Morgan fingerprint density at radius 1 is 0.920 bits per heavy atom. The molecule has 8 heteroatoms. The van der Waals surface area contributed by atoms with Crippen LogP contribution >= 0.6 is 0 Å². The van der Waals surface area contributed by atoms with Crippen molar-refractivity contribution in [2.45, 2.75) is 17.7 Å². The van der Waals surface area contributed by atoms with Gasteiger partial charge in [0.1, 0.15) is 5.75 Å². The van der Waals surface area contributed by atoms with Crippen LogP contribution in [0.15, 0.2) is 54.6 Å². The topological polar surface area (TPSA) is 46.5 Å². The maximum absolute atomic E-state index is 14.6. The van der Waals surface area contributed by atoms with E-state index in [0.29, 0.717) is 12.1 Å². The number of rotatable bonds is 5. The van der Waals surface area contributed by atoms with E-state index in [2.05, 4.69) is 0 Å². The molecule has 0 radical (unpaired) electrons. The van der Waals surface area contributed by atoms with Crippen molar-refractivity contribution in [2.24, 2.45) is 0 Å². The van der Waals surface area contributed by atoms with Crippen LogP contribution < -0.4 is 4.74 Å². The summed E-state index contributed by atoms with van der Waals surface area (Å²) in [6.45, 7) is 0. The third kappa shape index (κ3) is 3.09. The molecule has 0 aliphatic rings. The number of alkyl halides is 5. The van der Waals surface area contributed by atoms with Gasteiger partial charge in [0.05, 0.1) is 7.11 Å². The van der Waals surface area contributed by atoms with Gasteiger partial charge in [-0.3, -0.25) is 4.79 Å². The highest BCUT2D eigenvalue weighted by Crippen LogP contribution is 2.50. The molecule has 0 amide bonds. The summed E-state index contributed by atoms with van der Waals surface area (Å²) in [4.78, 5) is 12.0. The summed E-state index contributed by atoms with van der Waals surface area (Å²) >= 11 is 0. The number of Topliss-reactive ketones (excluding diaryl/α,β-unsaturated/α-hetero) is 1. The van der Waals surface area contributed by atoms with E-state index in [-0.39, 0.29) is 5.75 Å². The molecule has 0 saturated heterocycles. The Hall–Kier alpha value is -2.48. The Morgan fingerprint density at radius 2 is 1.44 bits per heavy atom. The summed E-state index contributed by atoms with van der Waals surface area (Å²) in [6, 6.07) is 8.99. The van der Waals surface area contributed by atoms with E-state index in [1.165, 1.54) is 25.3 Å². The van der Waals surface area contributed by atoms with Crippen molar-refractivity contribution in [1.29, 1.82) is 0 Å². The first kappa shape index (κ1) is 18.9. The number of hydrogen-bond acceptors (Lipinski definition) is 3. The van der Waals surface area contributed by atoms with Crippen molar-refractivity contribution >= 4 is 5.78 Å². The van der Waals surface area contributed by atoms with Crippen LogP contribution in [0.25, 0.3) is 0 Å². The fourth-order valence-electron chi connectivity index (χ4n) is 2.29. The number of carbonyl (C=O) groups excluding carboxylic acids is 1. The molecule has 0 bridgehead atoms. The van der Waals surface area contributed by atoms with Crippen LogP contribution in [-0.2, 0) is 5.60 Å². The van der Waals surface area contributed by atoms with E-state index in [1.54, 1.807) is 0 Å². The fourth-order valence-corrected chi connectivity index (χ4v) is 2.29. The Morgan fingerprint density at radius 3 is 1.88 bits per heavy atom. The number of halogens is 5. The first-order chi connectivity index (χ1) is 11.6. The summed E-state index contributed by atoms with van der Waals surface area (Å²) in [5.74, 6) is -7.18. The van der Waals surface area contributed by atoms with Gasteiger partial charge in [0.25, 0.3) is 5.60 Å². The number of ketones is 1. The van der Waals surface area contributed by atoms with Gasteiger partial charge in [-0.25, -0.2) is 0 Å². The van der Waals surface area contributed by atoms with Crippen molar-refractivity contribution in [3.05, 3.63) is 65.7 Å². The molecule has 3 nitrogen and oxygen atoms in total. The minimum atomic E-state index is -5.81. The summed E-state index contributed by atoms with van der Waals surface area (Å²) in [6.07, 6.45) is -5.81. The zero-order valence-electron chi connectivity index (χ0n) is 12.8. The van der Waals surface area contributed by atoms with Gasteiger partial charge in [0, 0.05) is 5.56 Å². The smallest absolute Gasteiger partial charge is 0.428 e. The third-order valence-corrected chi connectivity index (χ3v) is 3.69. The molecule has 2 rings (SSSR count). The SMILES string of the molecule is COc1ccc(C(O)(C(F)(F)F)C(F)(F)C(=O)c2ccccc2)cc1. The van der Waals surface area contributed by atoms with Crippen molar-refractivity contribution in [1.82, 2.24) is 0 Å². The first-order valence-corrected chi connectivity index (χ1v) is 6.97. The Bertz CT molecular complexity index is 741. The molecule has 1 unspecified atom stereocenters. The van der Waals surface area contributed by atoms with Crippen molar-refractivity contribution in [3.8, 4) is 5.75 Å². The van der Waals surface area contributed by atoms with E-state index < -0.39 is 34.6 Å². The molecule has 2 aromatic carbocycles. The van der Waals surface area contributed by atoms with Crippen molar-refractivity contribution in [2.75, 3.05) is 7.11 Å². The summed E-state index contributed by atoms with van der Waals surface area (Å²) in [5.41, 5.74) is -6.52. The zero-order valence-corrected chi connectivity index (χ0v) is 12.8. The third-order valence-electron chi connectivity index (χ3n) is 3.69. The van der Waals surface area contributed by atoms with Gasteiger partial charge in [0.15, 0.2) is 0 Å². The van der Waals surface area contributed by atoms with Gasteiger partial charge in [-0.2, -0.15) is 22.0 Å². The van der Waals surface area contributed by atoms with Gasteiger partial charge in [0.2, 0.25) is 5.78 Å². The molecule has 0 saturated carbocycles. The standard InChI is InChI=1S/C17H13F5O3/c1-25-13-9-7-12(8-10-13)15(24,17(20,21)22)16(18,19)14(23)11-5-3-2-4-6-11/h2-10,24H,1H3. The molecule has 2 aromatic rings. The largest absolute Gasteiger partial charge is 0.497 e. The van der Waals surface area contributed by atoms with Crippen molar-refractivity contribution in [3.63, 3.8) is 0 Å². The van der Waals surface area contributed by atoms with Crippen LogP contribution in [0.4, 0.5) is 22.0 Å². The minimum absolute atomic E-state index is 0.103. The highest BCUT2D eigenvalue weighted by Gasteiger charge is 2.73. The van der Waals surface area contributed by atoms with E-state index in [1.807, 2.05) is 0 Å². The molecule has 0 aromatic heterocycles. The van der Waals surface area contributed by atoms with Crippen LogP contribution in [0, 0.1) is 0 Å². The number of benzene rings is 2. The Balaban J connectivity index is 2.61. The molecule has 0 spiro atoms. The van der Waals surface area contributed by atoms with Crippen LogP contribution in [0.3, 0.4) is 0 Å². The molecule has 1 N–H and O–H groups in total. The van der Waals surface area contributed by atoms with Crippen LogP contribution in [-0.4, -0.2) is 30.1 Å². The quantitative estimate of drug-likeness (QED) is 0.649. The van der Waals surface area contributed by atoms with Crippen LogP contribution in [0.5, 0.6) is 5.75 Å². The van der Waals surface area contributed by atoms with Gasteiger partial charge in [-0.1, -0.05) is 42.5 Å². The van der Waals surface area contributed by atoms with Crippen LogP contribution in [0.2, 0.25) is 0 Å². The molecule has 0 aliphatic carbocycles. The lowest BCUT2D eigenvalue weighted by molar-refractivity contribution is -0.324. The Labute approximate surface area is 139 Å². The van der Waals surface area contributed by atoms with E-state index in [0.717, 1.165) is 24.3 Å². The molecular weight excluding hydrogens is 347 g/mol. The van der Waals surface area contributed by atoms with Gasteiger partial charge in [-0.05, 0) is 17.7 Å². The molecule has 1 atom stereocenters. The average Bonchev–Trinajstić information content (AvgIpc) is 2.60. The number of carbonyl (C=O) groups is 1. The van der Waals surface area contributed by atoms with Crippen LogP contribution in [0.1, 0.15) is 15.9 Å². The Kier molecular flexibility index (Phi) is 4.85. The lowest BCUT2D eigenvalue weighted by atomic mass is 9.82. The van der Waals surface area contributed by atoms with E-state index in [4.69, 9.17) is 4.74 Å². The molecule has 0 heterocycles. The highest BCUT2D eigenvalue weighted by molar-refractivity contribution is 6.02. The number of methoxy groups -OCH3 is 1. The molecule has 134 valence electrons. The lowest BCUT2D eigenvalue weighted by Gasteiger charge is -2.36. The molecule has 0 fully saturated rings. The summed E-state index contributed by atoms with van der Waals surface area (Å²) in [5, 5.41) is 10.0.